The molecule has 156 valence electrons. The number of hydrogen-bond donors (Lipinski definition) is 2. The first kappa shape index (κ1) is 21.4. The van der Waals surface area contributed by atoms with Gasteiger partial charge in [-0.3, -0.25) is 19.2 Å². The normalized spacial score (nSPS) is 19.3. The Morgan fingerprint density at radius 3 is 2.60 bits per heavy atom. The molecule has 1 saturated heterocycles. The summed E-state index contributed by atoms with van der Waals surface area (Å²) < 4.78 is 5.00. The highest BCUT2D eigenvalue weighted by atomic mass is 32.1. The Morgan fingerprint density at radius 2 is 1.97 bits per heavy atom. The molecule has 8 nitrogen and oxygen atoms in total. The van der Waals surface area contributed by atoms with Crippen LogP contribution < -0.4 is 11.2 Å². The molecule has 1 fully saturated rings. The first-order chi connectivity index (χ1) is 14.4. The zero-order chi connectivity index (χ0) is 21.7. The second-order valence-electron chi connectivity index (χ2n) is 6.73. The molecule has 1 aliphatic heterocycles. The van der Waals surface area contributed by atoms with Gasteiger partial charge in [0.2, 0.25) is 12.1 Å². The quantitative estimate of drug-likeness (QED) is 0.164. The lowest BCUT2D eigenvalue weighted by Gasteiger charge is -2.42. The lowest BCUT2D eigenvalue weighted by atomic mass is 9.86. The van der Waals surface area contributed by atoms with Crippen molar-refractivity contribution in [3.05, 3.63) is 64.4 Å². The van der Waals surface area contributed by atoms with E-state index in [1.54, 1.807) is 6.08 Å². The van der Waals surface area contributed by atoms with Gasteiger partial charge in [-0.2, -0.15) is 0 Å². The van der Waals surface area contributed by atoms with Gasteiger partial charge in [0, 0.05) is 17.9 Å². The van der Waals surface area contributed by atoms with Crippen molar-refractivity contribution in [3.8, 4) is 0 Å². The van der Waals surface area contributed by atoms with Crippen LogP contribution >= 0.6 is 11.3 Å². The van der Waals surface area contributed by atoms with Gasteiger partial charge in [0.1, 0.15) is 0 Å². The number of hydrogen-bond acceptors (Lipinski definition) is 7. The molecule has 2 heterocycles. The van der Waals surface area contributed by atoms with E-state index in [-0.39, 0.29) is 6.42 Å². The number of esters is 1. The minimum absolute atomic E-state index is 0.180. The second-order valence-corrected chi connectivity index (χ2v) is 7.70. The maximum absolute atomic E-state index is 13.1. The summed E-state index contributed by atoms with van der Waals surface area (Å²) in [6.07, 6.45) is 1.97. The van der Waals surface area contributed by atoms with Crippen molar-refractivity contribution in [1.29, 1.82) is 0 Å². The smallest absolute Gasteiger partial charge is 0.304 e. The van der Waals surface area contributed by atoms with E-state index in [2.05, 4.69) is 5.32 Å². The molecule has 2 aromatic rings. The Kier molecular flexibility index (Phi) is 6.76. The molecule has 1 aliphatic rings. The zero-order valence-electron chi connectivity index (χ0n) is 16.2. The molecule has 0 spiro atoms. The highest BCUT2D eigenvalue weighted by Gasteiger charge is 2.54. The molecule has 0 aliphatic carbocycles. The van der Waals surface area contributed by atoms with E-state index in [1.807, 2.05) is 47.8 Å². The number of thiophene rings is 1. The fourth-order valence-corrected chi connectivity index (χ4v) is 3.71. The molecule has 30 heavy (non-hydrogen) atoms. The number of carbonyl (C=O) groups excluding carboxylic acids is 4. The third-order valence-electron chi connectivity index (χ3n) is 4.56. The third-order valence-corrected chi connectivity index (χ3v) is 5.40. The summed E-state index contributed by atoms with van der Waals surface area (Å²) in [6, 6.07) is 11.8. The van der Waals surface area contributed by atoms with Crippen molar-refractivity contribution < 1.29 is 23.9 Å². The van der Waals surface area contributed by atoms with Crippen LogP contribution in [0.1, 0.15) is 17.4 Å². The summed E-state index contributed by atoms with van der Waals surface area (Å²) >= 11 is 1.47. The van der Waals surface area contributed by atoms with Crippen LogP contribution in [0.3, 0.4) is 0 Å². The van der Waals surface area contributed by atoms with Gasteiger partial charge in [0.05, 0.1) is 6.04 Å². The fraction of sp³-hybridized carbons (Fsp3) is 0.238. The Bertz CT molecular complexity index is 958. The molecule has 0 saturated carbocycles. The first-order valence-electron chi connectivity index (χ1n) is 9.21. The van der Waals surface area contributed by atoms with E-state index in [0.29, 0.717) is 5.01 Å². The minimum Gasteiger partial charge on any atom is -0.439 e. The van der Waals surface area contributed by atoms with Crippen LogP contribution in [-0.4, -0.2) is 40.8 Å². The monoisotopic (exact) mass is 427 g/mol. The van der Waals surface area contributed by atoms with E-state index in [1.165, 1.54) is 17.4 Å². The molecule has 1 aromatic carbocycles. The second kappa shape index (κ2) is 9.47. The third kappa shape index (κ3) is 5.00. The van der Waals surface area contributed by atoms with E-state index in [0.717, 1.165) is 17.4 Å². The average molecular weight is 427 g/mol. The minimum atomic E-state index is -1.26. The molecular formula is C21H21N3O5S. The van der Waals surface area contributed by atoms with Crippen molar-refractivity contribution in [2.75, 3.05) is 0 Å². The van der Waals surface area contributed by atoms with Gasteiger partial charge in [-0.1, -0.05) is 36.4 Å². The van der Waals surface area contributed by atoms with E-state index >= 15 is 0 Å². The number of ketones is 1. The number of nitrogens with two attached hydrogens (primary N) is 1. The van der Waals surface area contributed by atoms with Crippen molar-refractivity contribution in [2.45, 2.75) is 25.6 Å². The number of benzene rings is 1. The molecule has 3 N–H and O–H groups in total. The predicted molar refractivity (Wildman–Crippen MR) is 111 cm³/mol. The number of rotatable bonds is 8. The molecule has 2 amide bonds. The molecule has 1 aromatic heterocycles. The van der Waals surface area contributed by atoms with E-state index < -0.39 is 41.8 Å². The van der Waals surface area contributed by atoms with Gasteiger partial charge >= 0.3 is 5.97 Å². The van der Waals surface area contributed by atoms with Crippen LogP contribution in [0.25, 0.3) is 6.08 Å². The molecule has 0 unspecified atom stereocenters. The van der Waals surface area contributed by atoms with Crippen molar-refractivity contribution in [1.82, 2.24) is 10.3 Å². The number of ether oxygens (including phenoxy) is 1. The predicted octanol–water partition coefficient (Wildman–Crippen LogP) is 1.28. The maximum Gasteiger partial charge on any atom is 0.304 e. The van der Waals surface area contributed by atoms with Crippen LogP contribution in [-0.2, 0) is 30.3 Å². The van der Waals surface area contributed by atoms with Crippen LogP contribution in [0.2, 0.25) is 0 Å². The Morgan fingerprint density at radius 1 is 1.23 bits per heavy atom. The lowest BCUT2D eigenvalue weighted by Crippen LogP contribution is -2.69. The number of nitrogens with one attached hydrogen (secondary N) is 1. The summed E-state index contributed by atoms with van der Waals surface area (Å²) in [7, 11) is 0. The van der Waals surface area contributed by atoms with Gasteiger partial charge in [-0.15, -0.1) is 11.3 Å². The highest BCUT2D eigenvalue weighted by molar-refractivity contribution is 7.10. The van der Waals surface area contributed by atoms with Gasteiger partial charge in [0.25, 0.3) is 5.91 Å². The SMILES string of the molecule is CC(=O)O[C@H]1[C@@H](C(=O)[C@H](Cc2ccccc2)NC(=O)/C=C/c2cccs2)C(=O)N1N. The van der Waals surface area contributed by atoms with Crippen LogP contribution in [0.5, 0.6) is 0 Å². The Labute approximate surface area is 177 Å². The molecule has 0 radical (unpaired) electrons. The number of amides is 2. The number of β-lactam (4-membered cyclic amide) rings is 1. The largest absolute Gasteiger partial charge is 0.439 e. The summed E-state index contributed by atoms with van der Waals surface area (Å²) in [5.41, 5.74) is 0.804. The zero-order valence-corrected chi connectivity index (χ0v) is 17.0. The van der Waals surface area contributed by atoms with Gasteiger partial charge in [0.15, 0.2) is 11.7 Å². The number of hydrazine groups is 1. The standard InChI is InChI=1S/C21H21N3O5S/c1-13(25)29-21-18(20(28)24(21)22)19(27)16(12-14-6-3-2-4-7-14)23-17(26)10-9-15-8-5-11-30-15/h2-11,16,18,21H,12,22H2,1H3,(H,23,26)/b10-9+/t16-,18-,21-/m0/s1. The number of nitrogens with zero attached hydrogens (tertiary/aromatic N) is 1. The van der Waals surface area contributed by atoms with E-state index in [9.17, 15) is 19.2 Å². The summed E-state index contributed by atoms with van der Waals surface area (Å²) in [6.45, 7) is 1.16. The average Bonchev–Trinajstić information content (AvgIpc) is 3.25. The van der Waals surface area contributed by atoms with Gasteiger partial charge in [-0.05, 0) is 29.5 Å². The molecule has 9 heteroatoms. The maximum atomic E-state index is 13.1. The fourth-order valence-electron chi connectivity index (χ4n) is 3.10. The molecule has 3 rings (SSSR count). The Hall–Kier alpha value is -3.30. The summed E-state index contributed by atoms with van der Waals surface area (Å²) in [4.78, 5) is 49.9. The van der Waals surface area contributed by atoms with Crippen LogP contribution in [0, 0.1) is 5.92 Å². The Balaban J connectivity index is 1.78. The summed E-state index contributed by atoms with van der Waals surface area (Å²) in [5, 5.41) is 5.26. The first-order valence-corrected chi connectivity index (χ1v) is 10.1. The van der Waals surface area contributed by atoms with Gasteiger partial charge in [-0.25, -0.2) is 10.9 Å². The lowest BCUT2D eigenvalue weighted by molar-refractivity contribution is -0.199. The van der Waals surface area contributed by atoms with E-state index in [4.69, 9.17) is 10.6 Å². The molecule has 3 atom stereocenters. The highest BCUT2D eigenvalue weighted by Crippen LogP contribution is 2.27. The van der Waals surface area contributed by atoms with Crippen LogP contribution in [0.15, 0.2) is 53.9 Å². The number of Topliss-reactive ketones (excluding diaryl/α,β-unsaturated/α-hetero) is 1. The molecule has 0 bridgehead atoms. The van der Waals surface area contributed by atoms with Gasteiger partial charge < -0.3 is 10.1 Å². The van der Waals surface area contributed by atoms with Crippen molar-refractivity contribution in [2.24, 2.45) is 11.8 Å². The molecular weight excluding hydrogens is 406 g/mol. The summed E-state index contributed by atoms with van der Waals surface area (Å²) in [5.74, 6) is 1.94. The van der Waals surface area contributed by atoms with Crippen LogP contribution in [0.4, 0.5) is 0 Å². The number of carbonyl (C=O) groups is 4. The topological polar surface area (TPSA) is 119 Å². The van der Waals surface area contributed by atoms with Crippen molar-refractivity contribution >= 4 is 41.0 Å². The van der Waals surface area contributed by atoms with Crippen molar-refractivity contribution in [3.63, 3.8) is 0 Å².